The Balaban J connectivity index is 2.40. The van der Waals surface area contributed by atoms with Gasteiger partial charge in [0.15, 0.2) is 6.23 Å². The topological polar surface area (TPSA) is 147 Å². The zero-order valence-corrected chi connectivity index (χ0v) is 21.7. The van der Waals surface area contributed by atoms with Crippen LogP contribution >= 0.6 is 0 Å². The van der Waals surface area contributed by atoms with Gasteiger partial charge in [-0.15, -0.1) is 0 Å². The number of hydrogen-bond donors (Lipinski definition) is 3. The Labute approximate surface area is 207 Å². The molecule has 35 heavy (non-hydrogen) atoms. The Hall–Kier alpha value is -2.85. The van der Waals surface area contributed by atoms with Gasteiger partial charge in [0, 0.05) is 35.6 Å². The molecule has 11 nitrogen and oxygen atoms in total. The fraction of sp³-hybridized carbons (Fsp3) is 0.667. The van der Waals surface area contributed by atoms with Crippen LogP contribution in [0.3, 0.4) is 0 Å². The van der Waals surface area contributed by atoms with E-state index in [-0.39, 0.29) is 49.2 Å². The van der Waals surface area contributed by atoms with Crippen LogP contribution in [-0.2, 0) is 14.3 Å². The number of benzene rings is 1. The van der Waals surface area contributed by atoms with Crippen molar-refractivity contribution in [1.29, 1.82) is 0 Å². The summed E-state index contributed by atoms with van der Waals surface area (Å²) in [6.07, 6.45) is -0.890. The number of rotatable bonds is 15. The number of hydrogen-bond acceptors (Lipinski definition) is 7. The quantitative estimate of drug-likeness (QED) is 0.148. The van der Waals surface area contributed by atoms with Crippen molar-refractivity contribution < 1.29 is 23.8 Å². The molecule has 1 aromatic rings. The first-order chi connectivity index (χ1) is 16.4. The highest BCUT2D eigenvalue weighted by Gasteiger charge is 2.14. The van der Waals surface area contributed by atoms with Crippen molar-refractivity contribution in [2.24, 2.45) is 10.5 Å². The first-order valence-corrected chi connectivity index (χ1v) is 11.7. The lowest BCUT2D eigenvalue weighted by atomic mass is 9.97. The van der Waals surface area contributed by atoms with Gasteiger partial charge in [-0.3, -0.25) is 9.59 Å². The summed E-state index contributed by atoms with van der Waals surface area (Å²) in [6, 6.07) is 6.72. The highest BCUT2D eigenvalue weighted by atomic mass is 16.6. The van der Waals surface area contributed by atoms with Gasteiger partial charge >= 0.3 is 0 Å². The van der Waals surface area contributed by atoms with Gasteiger partial charge in [-0.2, -0.15) is 0 Å². The minimum atomic E-state index is -0.890. The van der Waals surface area contributed by atoms with Crippen molar-refractivity contribution >= 4 is 11.8 Å². The predicted octanol–water partition coefficient (Wildman–Crippen LogP) is 3.02. The third kappa shape index (κ3) is 15.6. The van der Waals surface area contributed by atoms with E-state index >= 15 is 0 Å². The lowest BCUT2D eigenvalue weighted by Crippen LogP contribution is -2.42. The number of nitrogens with zero attached hydrogens (tertiary/aromatic N) is 3. The largest absolute Gasteiger partial charge is 0.491 e. The average Bonchev–Trinajstić information content (AvgIpc) is 2.75. The SMILES string of the molecule is CC(C)(C)CNCCNC(=O)c1cccc(OCC(N=[N+]=[N-])OCCOCC(=O)NC(C)(C)C)c1. The summed E-state index contributed by atoms with van der Waals surface area (Å²) in [5.41, 5.74) is 9.09. The van der Waals surface area contributed by atoms with E-state index in [0.29, 0.717) is 24.4 Å². The summed E-state index contributed by atoms with van der Waals surface area (Å²) >= 11 is 0. The van der Waals surface area contributed by atoms with Crippen molar-refractivity contribution in [2.75, 3.05) is 46.1 Å². The maximum absolute atomic E-state index is 12.4. The maximum Gasteiger partial charge on any atom is 0.251 e. The van der Waals surface area contributed by atoms with Crippen LogP contribution in [0.5, 0.6) is 5.75 Å². The summed E-state index contributed by atoms with van der Waals surface area (Å²) in [5.74, 6) is 0.0152. The molecule has 0 bridgehead atoms. The van der Waals surface area contributed by atoms with Crippen LogP contribution in [0, 0.1) is 5.41 Å². The monoisotopic (exact) mass is 492 g/mol. The highest BCUT2D eigenvalue weighted by Crippen LogP contribution is 2.14. The molecule has 0 aliphatic carbocycles. The van der Waals surface area contributed by atoms with Crippen LogP contribution in [0.15, 0.2) is 29.4 Å². The number of carbonyl (C=O) groups excluding carboxylic acids is 2. The van der Waals surface area contributed by atoms with E-state index in [1.807, 2.05) is 20.8 Å². The van der Waals surface area contributed by atoms with Crippen molar-refractivity contribution in [3.8, 4) is 5.75 Å². The molecule has 0 aromatic heterocycles. The van der Waals surface area contributed by atoms with Crippen LogP contribution in [-0.4, -0.2) is 69.6 Å². The van der Waals surface area contributed by atoms with Crippen molar-refractivity contribution in [1.82, 2.24) is 16.0 Å². The minimum absolute atomic E-state index is 0.0453. The van der Waals surface area contributed by atoms with Crippen molar-refractivity contribution in [2.45, 2.75) is 53.3 Å². The maximum atomic E-state index is 12.4. The molecule has 0 aliphatic rings. The van der Waals surface area contributed by atoms with Gasteiger partial charge < -0.3 is 30.2 Å². The second kappa shape index (κ2) is 15.2. The summed E-state index contributed by atoms with van der Waals surface area (Å²) in [5, 5.41) is 12.5. The van der Waals surface area contributed by atoms with E-state index in [1.54, 1.807) is 24.3 Å². The molecule has 0 heterocycles. The van der Waals surface area contributed by atoms with Crippen LogP contribution in [0.25, 0.3) is 10.4 Å². The van der Waals surface area contributed by atoms with E-state index in [2.05, 4.69) is 46.7 Å². The minimum Gasteiger partial charge on any atom is -0.491 e. The lowest BCUT2D eigenvalue weighted by Gasteiger charge is -2.20. The molecule has 0 saturated heterocycles. The fourth-order valence-corrected chi connectivity index (χ4v) is 2.76. The third-order valence-corrected chi connectivity index (χ3v) is 4.20. The lowest BCUT2D eigenvalue weighted by molar-refractivity contribution is -0.128. The van der Waals surface area contributed by atoms with Gasteiger partial charge in [0.2, 0.25) is 5.91 Å². The molecule has 11 heteroatoms. The molecule has 0 fully saturated rings. The summed E-state index contributed by atoms with van der Waals surface area (Å²) < 4.78 is 16.4. The number of carbonyl (C=O) groups is 2. The van der Waals surface area contributed by atoms with Gasteiger partial charge in [-0.1, -0.05) is 32.0 Å². The number of amides is 2. The van der Waals surface area contributed by atoms with E-state index in [4.69, 9.17) is 19.7 Å². The Morgan fingerprint density at radius 1 is 1.11 bits per heavy atom. The van der Waals surface area contributed by atoms with Crippen molar-refractivity contribution in [3.63, 3.8) is 0 Å². The number of nitrogens with one attached hydrogen (secondary N) is 3. The van der Waals surface area contributed by atoms with Crippen LogP contribution < -0.4 is 20.7 Å². The summed E-state index contributed by atoms with van der Waals surface area (Å²) in [4.78, 5) is 26.9. The highest BCUT2D eigenvalue weighted by molar-refractivity contribution is 5.94. The van der Waals surface area contributed by atoms with Crippen LogP contribution in [0.2, 0.25) is 0 Å². The normalized spacial score (nSPS) is 12.4. The first kappa shape index (κ1) is 30.2. The van der Waals surface area contributed by atoms with Crippen LogP contribution in [0.1, 0.15) is 51.9 Å². The van der Waals surface area contributed by atoms with Crippen molar-refractivity contribution in [3.05, 3.63) is 40.3 Å². The molecular weight excluding hydrogens is 452 g/mol. The van der Waals surface area contributed by atoms with Gasteiger partial charge in [0.1, 0.15) is 19.0 Å². The molecule has 3 N–H and O–H groups in total. The second-order valence-electron chi connectivity index (χ2n) is 10.2. The van der Waals surface area contributed by atoms with Gasteiger partial charge in [0.05, 0.1) is 13.2 Å². The van der Waals surface area contributed by atoms with Gasteiger partial charge in [-0.25, -0.2) is 0 Å². The molecule has 1 rings (SSSR count). The standard InChI is InChI=1S/C24H40N6O5/c1-23(2,3)17-26-10-11-27-22(32)18-8-7-9-19(14-18)35-16-21(29-30-25)34-13-12-33-15-20(31)28-24(4,5)6/h7-9,14,21,26H,10-13,15-17H2,1-6H3,(H,27,32)(H,28,31). The van der Waals surface area contributed by atoms with E-state index in [0.717, 1.165) is 6.54 Å². The molecule has 196 valence electrons. The first-order valence-electron chi connectivity index (χ1n) is 11.7. The fourth-order valence-electron chi connectivity index (χ4n) is 2.76. The van der Waals surface area contributed by atoms with E-state index < -0.39 is 6.23 Å². The molecule has 1 aromatic carbocycles. The Morgan fingerprint density at radius 3 is 2.51 bits per heavy atom. The Morgan fingerprint density at radius 2 is 1.86 bits per heavy atom. The third-order valence-electron chi connectivity index (χ3n) is 4.20. The summed E-state index contributed by atoms with van der Waals surface area (Å²) in [6.45, 7) is 14.2. The molecule has 1 unspecified atom stereocenters. The molecule has 0 saturated carbocycles. The van der Waals surface area contributed by atoms with Crippen LogP contribution in [0.4, 0.5) is 0 Å². The van der Waals surface area contributed by atoms with E-state index in [9.17, 15) is 9.59 Å². The zero-order chi connectivity index (χ0) is 26.3. The molecule has 0 spiro atoms. The second-order valence-corrected chi connectivity index (χ2v) is 10.2. The predicted molar refractivity (Wildman–Crippen MR) is 134 cm³/mol. The summed E-state index contributed by atoms with van der Waals surface area (Å²) in [7, 11) is 0. The van der Waals surface area contributed by atoms with Gasteiger partial charge in [-0.05, 0) is 49.9 Å². The Bertz CT molecular complexity index is 844. The molecule has 0 aliphatic heterocycles. The molecule has 0 radical (unpaired) electrons. The van der Waals surface area contributed by atoms with E-state index in [1.165, 1.54) is 0 Å². The molecule has 2 amide bonds. The number of azide groups is 1. The zero-order valence-electron chi connectivity index (χ0n) is 21.7. The molecular formula is C24H40N6O5. The smallest absolute Gasteiger partial charge is 0.251 e. The Kier molecular flexibility index (Phi) is 13.1. The number of ether oxygens (including phenoxy) is 3. The average molecular weight is 493 g/mol. The van der Waals surface area contributed by atoms with Gasteiger partial charge in [0.25, 0.3) is 5.91 Å². The molecule has 1 atom stereocenters.